The summed E-state index contributed by atoms with van der Waals surface area (Å²) in [4.78, 5) is 26.2. The molecule has 0 aliphatic carbocycles. The largest absolute Gasteiger partial charge is 0.483 e. The number of carbonyl (C=O) groups is 1. The number of ether oxygens (including phenoxy) is 1. The van der Waals surface area contributed by atoms with Gasteiger partial charge in [0.2, 0.25) is 5.56 Å². The van der Waals surface area contributed by atoms with Gasteiger partial charge in [0.15, 0.2) is 12.4 Å². The lowest BCUT2D eigenvalue weighted by molar-refractivity contribution is 0.0922. The Morgan fingerprint density at radius 1 is 1.05 bits per heavy atom. The second-order valence-corrected chi connectivity index (χ2v) is 5.20. The maximum atomic E-state index is 12.1. The monoisotopic (exact) mass is 313 g/mol. The van der Waals surface area contributed by atoms with Gasteiger partial charge in [-0.05, 0) is 36.4 Å². The third kappa shape index (κ3) is 3.02. The molecule has 0 spiro atoms. The molecule has 1 aromatic heterocycles. The van der Waals surface area contributed by atoms with Crippen LogP contribution in [0.5, 0.6) is 5.75 Å². The van der Waals surface area contributed by atoms with E-state index in [2.05, 4.69) is 4.98 Å². The number of ketones is 1. The van der Waals surface area contributed by atoms with Crippen molar-refractivity contribution in [2.45, 2.75) is 0 Å². The first-order valence-electron chi connectivity index (χ1n) is 6.67. The summed E-state index contributed by atoms with van der Waals surface area (Å²) in [6.07, 6.45) is 0. The van der Waals surface area contributed by atoms with Gasteiger partial charge in [0, 0.05) is 22.0 Å². The Hall–Kier alpha value is -2.59. The molecule has 1 N–H and O–H groups in total. The maximum Gasteiger partial charge on any atom is 0.248 e. The lowest BCUT2D eigenvalue weighted by Gasteiger charge is -2.08. The molecule has 110 valence electrons. The predicted octanol–water partition coefficient (Wildman–Crippen LogP) is 3.44. The van der Waals surface area contributed by atoms with Gasteiger partial charge in [-0.1, -0.05) is 23.7 Å². The zero-order valence-corrected chi connectivity index (χ0v) is 12.3. The average Bonchev–Trinajstić information content (AvgIpc) is 2.53. The first kappa shape index (κ1) is 14.4. The summed E-state index contributed by atoms with van der Waals surface area (Å²) in [7, 11) is 0. The van der Waals surface area contributed by atoms with E-state index in [-0.39, 0.29) is 17.9 Å². The summed E-state index contributed by atoms with van der Waals surface area (Å²) >= 11 is 5.79. The summed E-state index contributed by atoms with van der Waals surface area (Å²) in [5, 5.41) is 1.42. The second-order valence-electron chi connectivity index (χ2n) is 4.76. The Kier molecular flexibility index (Phi) is 3.94. The van der Waals surface area contributed by atoms with Crippen molar-refractivity contribution in [2.24, 2.45) is 0 Å². The third-order valence-electron chi connectivity index (χ3n) is 3.25. The fourth-order valence-corrected chi connectivity index (χ4v) is 2.26. The lowest BCUT2D eigenvalue weighted by Crippen LogP contribution is -2.12. The van der Waals surface area contributed by atoms with Crippen molar-refractivity contribution in [3.63, 3.8) is 0 Å². The van der Waals surface area contributed by atoms with Gasteiger partial charge < -0.3 is 9.72 Å². The topological polar surface area (TPSA) is 59.2 Å². The van der Waals surface area contributed by atoms with Gasteiger partial charge in [-0.2, -0.15) is 0 Å². The van der Waals surface area contributed by atoms with E-state index in [4.69, 9.17) is 16.3 Å². The molecule has 0 amide bonds. The minimum Gasteiger partial charge on any atom is -0.483 e. The second kappa shape index (κ2) is 6.03. The van der Waals surface area contributed by atoms with E-state index in [1.54, 1.807) is 36.4 Å². The number of para-hydroxylation sites is 1. The molecular formula is C17H12ClNO3. The number of Topliss-reactive ketones (excluding diaryl/α,β-unsaturated/α-hetero) is 1. The molecule has 0 atom stereocenters. The summed E-state index contributed by atoms with van der Waals surface area (Å²) in [6.45, 7) is -0.113. The summed E-state index contributed by atoms with van der Waals surface area (Å²) < 4.78 is 5.57. The molecule has 0 saturated heterocycles. The maximum absolute atomic E-state index is 12.1. The minimum atomic E-state index is -0.215. The molecule has 0 bridgehead atoms. The molecule has 4 nitrogen and oxygen atoms in total. The van der Waals surface area contributed by atoms with Gasteiger partial charge in [-0.3, -0.25) is 9.59 Å². The number of benzene rings is 2. The van der Waals surface area contributed by atoms with E-state index in [1.165, 1.54) is 6.07 Å². The van der Waals surface area contributed by atoms with E-state index in [0.717, 1.165) is 5.39 Å². The molecule has 3 rings (SSSR count). The molecular weight excluding hydrogens is 302 g/mol. The van der Waals surface area contributed by atoms with Crippen molar-refractivity contribution in [3.8, 4) is 5.75 Å². The highest BCUT2D eigenvalue weighted by molar-refractivity contribution is 6.30. The van der Waals surface area contributed by atoms with Crippen LogP contribution < -0.4 is 10.3 Å². The zero-order chi connectivity index (χ0) is 15.5. The lowest BCUT2D eigenvalue weighted by atomic mass is 10.1. The predicted molar refractivity (Wildman–Crippen MR) is 85.8 cm³/mol. The molecule has 2 aromatic carbocycles. The van der Waals surface area contributed by atoms with Crippen LogP contribution in [0.1, 0.15) is 10.4 Å². The van der Waals surface area contributed by atoms with Crippen molar-refractivity contribution in [3.05, 3.63) is 75.5 Å². The molecule has 22 heavy (non-hydrogen) atoms. The molecule has 0 saturated carbocycles. The van der Waals surface area contributed by atoms with E-state index in [1.807, 2.05) is 12.1 Å². The average molecular weight is 314 g/mol. The van der Waals surface area contributed by atoms with Crippen molar-refractivity contribution in [2.75, 3.05) is 6.61 Å². The van der Waals surface area contributed by atoms with Crippen LogP contribution in [0.25, 0.3) is 10.9 Å². The Morgan fingerprint density at radius 2 is 1.82 bits per heavy atom. The van der Waals surface area contributed by atoms with E-state index in [9.17, 15) is 9.59 Å². The van der Waals surface area contributed by atoms with Crippen LogP contribution in [0.15, 0.2) is 59.4 Å². The normalized spacial score (nSPS) is 10.6. The van der Waals surface area contributed by atoms with Crippen molar-refractivity contribution in [1.29, 1.82) is 0 Å². The van der Waals surface area contributed by atoms with Crippen LogP contribution in [0.4, 0.5) is 0 Å². The molecule has 1 heterocycles. The highest BCUT2D eigenvalue weighted by Crippen LogP contribution is 2.22. The molecule has 0 aliphatic heterocycles. The molecule has 0 unspecified atom stereocenters. The summed E-state index contributed by atoms with van der Waals surface area (Å²) in [5.41, 5.74) is 0.893. The van der Waals surface area contributed by atoms with Crippen LogP contribution in [-0.4, -0.2) is 17.4 Å². The first-order chi connectivity index (χ1) is 10.6. The Morgan fingerprint density at radius 3 is 2.59 bits per heavy atom. The number of halogens is 1. The number of pyridine rings is 1. The molecule has 0 radical (unpaired) electrons. The number of nitrogens with one attached hydrogen (secondary N) is 1. The number of hydrogen-bond acceptors (Lipinski definition) is 3. The van der Waals surface area contributed by atoms with Gasteiger partial charge in [-0.25, -0.2) is 0 Å². The van der Waals surface area contributed by atoms with Crippen LogP contribution in [0.3, 0.4) is 0 Å². The number of aromatic amines is 1. The van der Waals surface area contributed by atoms with Crippen molar-refractivity contribution >= 4 is 28.3 Å². The number of fused-ring (bicyclic) bond motifs is 1. The van der Waals surface area contributed by atoms with Crippen molar-refractivity contribution in [1.82, 2.24) is 4.98 Å². The molecule has 3 aromatic rings. The van der Waals surface area contributed by atoms with E-state index < -0.39 is 0 Å². The van der Waals surface area contributed by atoms with Gasteiger partial charge >= 0.3 is 0 Å². The van der Waals surface area contributed by atoms with Gasteiger partial charge in [0.25, 0.3) is 0 Å². The first-order valence-corrected chi connectivity index (χ1v) is 7.05. The quantitative estimate of drug-likeness (QED) is 0.751. The summed E-state index contributed by atoms with van der Waals surface area (Å²) in [5.74, 6) is 0.310. The highest BCUT2D eigenvalue weighted by atomic mass is 35.5. The van der Waals surface area contributed by atoms with Gasteiger partial charge in [-0.15, -0.1) is 0 Å². The number of aromatic nitrogens is 1. The van der Waals surface area contributed by atoms with Crippen LogP contribution in [-0.2, 0) is 0 Å². The number of rotatable bonds is 4. The Labute approximate surface area is 131 Å². The zero-order valence-electron chi connectivity index (χ0n) is 11.5. The number of carbonyl (C=O) groups excluding carboxylic acids is 1. The van der Waals surface area contributed by atoms with Crippen LogP contribution in [0.2, 0.25) is 5.02 Å². The van der Waals surface area contributed by atoms with Crippen molar-refractivity contribution < 1.29 is 9.53 Å². The number of hydrogen-bond donors (Lipinski definition) is 1. The summed E-state index contributed by atoms with van der Waals surface area (Å²) in [6, 6.07) is 15.2. The van der Waals surface area contributed by atoms with Crippen LogP contribution >= 0.6 is 11.6 Å². The standard InChI is InChI=1S/C17H12ClNO3/c18-13-7-4-11(5-8-13)14(20)10-22-15-3-1-2-12-6-9-16(21)19-17(12)15/h1-9H,10H2,(H,19,21). The fourth-order valence-electron chi connectivity index (χ4n) is 2.13. The van der Waals surface area contributed by atoms with Crippen LogP contribution in [0, 0.1) is 0 Å². The SMILES string of the molecule is O=C(COc1cccc2ccc(=O)[nH]c12)c1ccc(Cl)cc1. The van der Waals surface area contributed by atoms with E-state index in [0.29, 0.717) is 21.9 Å². The highest BCUT2D eigenvalue weighted by Gasteiger charge is 2.09. The fraction of sp³-hybridized carbons (Fsp3) is 0.0588. The Bertz CT molecular complexity index is 884. The van der Waals surface area contributed by atoms with Gasteiger partial charge in [0.1, 0.15) is 5.75 Å². The number of H-pyrrole nitrogens is 1. The van der Waals surface area contributed by atoms with Gasteiger partial charge in [0.05, 0.1) is 5.52 Å². The molecule has 0 aliphatic rings. The third-order valence-corrected chi connectivity index (χ3v) is 3.50. The molecule has 0 fully saturated rings. The minimum absolute atomic E-state index is 0.113. The Balaban J connectivity index is 1.82. The molecule has 5 heteroatoms. The smallest absolute Gasteiger partial charge is 0.248 e. The van der Waals surface area contributed by atoms with E-state index >= 15 is 0 Å².